The van der Waals surface area contributed by atoms with Crippen molar-refractivity contribution in [3.05, 3.63) is 33.9 Å². The van der Waals surface area contributed by atoms with Crippen LogP contribution in [-0.2, 0) is 9.53 Å². The Morgan fingerprint density at radius 3 is 2.82 bits per heavy atom. The van der Waals surface area contributed by atoms with Crippen molar-refractivity contribution in [3.63, 3.8) is 0 Å². The third kappa shape index (κ3) is 3.00. The minimum absolute atomic E-state index is 0.0678. The molecule has 8 heteroatoms. The highest BCUT2D eigenvalue weighted by Gasteiger charge is 2.36. The zero-order valence-electron chi connectivity index (χ0n) is 12.0. The molecule has 22 heavy (non-hydrogen) atoms. The number of nitrogens with zero attached hydrogens (tertiary/aromatic N) is 2. The number of carbonyl (C=O) groups excluding carboxylic acids is 2. The molecule has 0 unspecified atom stereocenters. The van der Waals surface area contributed by atoms with E-state index in [0.29, 0.717) is 19.4 Å². The van der Waals surface area contributed by atoms with Gasteiger partial charge in [0.2, 0.25) is 0 Å². The molecule has 8 nitrogen and oxygen atoms in total. The maximum atomic E-state index is 12.5. The van der Waals surface area contributed by atoms with Crippen LogP contribution in [0, 0.1) is 10.1 Å². The highest BCUT2D eigenvalue weighted by molar-refractivity contribution is 5.99. The number of phenolic OH excluding ortho intramolecular Hbond substituents is 1. The Labute approximate surface area is 126 Å². The molecule has 0 saturated carbocycles. The van der Waals surface area contributed by atoms with Crippen LogP contribution in [0.25, 0.3) is 0 Å². The van der Waals surface area contributed by atoms with Gasteiger partial charge in [0, 0.05) is 12.6 Å². The molecule has 1 heterocycles. The van der Waals surface area contributed by atoms with Crippen LogP contribution >= 0.6 is 0 Å². The number of hydrogen-bond donors (Lipinski definition) is 1. The summed E-state index contributed by atoms with van der Waals surface area (Å²) in [6, 6.07) is 2.57. The largest absolute Gasteiger partial charge is 0.507 e. The van der Waals surface area contributed by atoms with Crippen molar-refractivity contribution in [2.75, 3.05) is 13.2 Å². The van der Waals surface area contributed by atoms with Crippen LogP contribution < -0.4 is 0 Å². The van der Waals surface area contributed by atoms with E-state index in [1.807, 2.05) is 0 Å². The summed E-state index contributed by atoms with van der Waals surface area (Å²) in [6.07, 6.45) is 1.15. The van der Waals surface area contributed by atoms with Crippen LogP contribution in [0.3, 0.4) is 0 Å². The van der Waals surface area contributed by atoms with Gasteiger partial charge in [-0.2, -0.15) is 0 Å². The average Bonchev–Trinajstić information content (AvgIpc) is 2.96. The lowest BCUT2D eigenvalue weighted by molar-refractivity contribution is -0.384. The summed E-state index contributed by atoms with van der Waals surface area (Å²) in [4.78, 5) is 35.6. The molecule has 1 amide bonds. The van der Waals surface area contributed by atoms with Crippen molar-refractivity contribution in [3.8, 4) is 5.75 Å². The third-order valence-electron chi connectivity index (χ3n) is 3.49. The first-order valence-corrected chi connectivity index (χ1v) is 6.90. The topological polar surface area (TPSA) is 110 Å². The number of non-ortho nitro benzene ring substituents is 1. The van der Waals surface area contributed by atoms with Crippen molar-refractivity contribution in [2.24, 2.45) is 0 Å². The number of ether oxygens (including phenoxy) is 1. The first-order chi connectivity index (χ1) is 10.5. The van der Waals surface area contributed by atoms with E-state index in [4.69, 9.17) is 4.74 Å². The fraction of sp³-hybridized carbons (Fsp3) is 0.429. The summed E-state index contributed by atoms with van der Waals surface area (Å²) in [6.45, 7) is 2.28. The van der Waals surface area contributed by atoms with Crippen molar-refractivity contribution < 1.29 is 24.4 Å². The van der Waals surface area contributed by atoms with Crippen molar-refractivity contribution >= 4 is 17.6 Å². The molecule has 1 fully saturated rings. The lowest BCUT2D eigenvalue weighted by Crippen LogP contribution is -2.41. The monoisotopic (exact) mass is 308 g/mol. The molecule has 1 aromatic carbocycles. The number of phenols is 1. The van der Waals surface area contributed by atoms with E-state index < -0.39 is 28.6 Å². The number of rotatable bonds is 4. The maximum absolute atomic E-state index is 12.5. The smallest absolute Gasteiger partial charge is 0.328 e. The van der Waals surface area contributed by atoms with Gasteiger partial charge in [0.25, 0.3) is 11.6 Å². The number of hydrogen-bond acceptors (Lipinski definition) is 6. The van der Waals surface area contributed by atoms with E-state index in [1.165, 1.54) is 11.0 Å². The van der Waals surface area contributed by atoms with Gasteiger partial charge in [-0.15, -0.1) is 0 Å². The molecular weight excluding hydrogens is 292 g/mol. The Balaban J connectivity index is 2.23. The van der Waals surface area contributed by atoms with Gasteiger partial charge in [0.1, 0.15) is 11.8 Å². The van der Waals surface area contributed by atoms with E-state index >= 15 is 0 Å². The molecule has 0 aromatic heterocycles. The van der Waals surface area contributed by atoms with Crippen molar-refractivity contribution in [1.82, 2.24) is 4.90 Å². The number of likely N-dealkylation sites (tertiary alicyclic amines) is 1. The highest BCUT2D eigenvalue weighted by Crippen LogP contribution is 2.28. The number of amides is 1. The van der Waals surface area contributed by atoms with Crippen molar-refractivity contribution in [1.29, 1.82) is 0 Å². The second kappa shape index (κ2) is 6.42. The quantitative estimate of drug-likeness (QED) is 0.512. The predicted octanol–water partition coefficient (Wildman–Crippen LogP) is 1.47. The molecular formula is C14H16N2O6. The second-order valence-electron chi connectivity index (χ2n) is 4.87. The van der Waals surface area contributed by atoms with Gasteiger partial charge < -0.3 is 14.7 Å². The van der Waals surface area contributed by atoms with E-state index in [-0.39, 0.29) is 17.9 Å². The van der Waals surface area contributed by atoms with Gasteiger partial charge in [-0.05, 0) is 25.8 Å². The van der Waals surface area contributed by atoms with Crippen LogP contribution in [0.1, 0.15) is 30.1 Å². The highest BCUT2D eigenvalue weighted by atomic mass is 16.6. The van der Waals surface area contributed by atoms with Crippen LogP contribution in [0.15, 0.2) is 18.2 Å². The number of esters is 1. The molecule has 1 saturated heterocycles. The Kier molecular flexibility index (Phi) is 4.59. The third-order valence-corrected chi connectivity index (χ3v) is 3.49. The van der Waals surface area contributed by atoms with Crippen molar-refractivity contribution in [2.45, 2.75) is 25.8 Å². The molecule has 0 bridgehead atoms. The number of nitro groups is 1. The lowest BCUT2D eigenvalue weighted by Gasteiger charge is -2.23. The van der Waals surface area contributed by atoms with E-state index in [1.54, 1.807) is 6.92 Å². The van der Waals surface area contributed by atoms with Gasteiger partial charge in [-0.25, -0.2) is 4.79 Å². The van der Waals surface area contributed by atoms with Gasteiger partial charge in [-0.1, -0.05) is 0 Å². The molecule has 118 valence electrons. The van der Waals surface area contributed by atoms with Crippen LogP contribution in [0.5, 0.6) is 5.75 Å². The summed E-state index contributed by atoms with van der Waals surface area (Å²) in [5.41, 5.74) is -0.376. The Hall–Kier alpha value is -2.64. The van der Waals surface area contributed by atoms with Crippen LogP contribution in [-0.4, -0.2) is 46.0 Å². The number of nitro benzene ring substituents is 1. The number of benzene rings is 1. The van der Waals surface area contributed by atoms with E-state index in [9.17, 15) is 24.8 Å². The molecule has 1 N–H and O–H groups in total. The molecule has 1 aliphatic rings. The molecule has 0 spiro atoms. The Morgan fingerprint density at radius 1 is 1.50 bits per heavy atom. The fourth-order valence-corrected chi connectivity index (χ4v) is 2.46. The summed E-state index contributed by atoms with van der Waals surface area (Å²) in [7, 11) is 0. The minimum atomic E-state index is -0.679. The van der Waals surface area contributed by atoms with Gasteiger partial charge in [0.15, 0.2) is 0 Å². The van der Waals surface area contributed by atoms with E-state index in [0.717, 1.165) is 12.1 Å². The lowest BCUT2D eigenvalue weighted by atomic mass is 10.1. The molecule has 1 aromatic rings. The van der Waals surface area contributed by atoms with E-state index in [2.05, 4.69) is 0 Å². The number of aromatic hydroxyl groups is 1. The van der Waals surface area contributed by atoms with Gasteiger partial charge in [0.05, 0.1) is 23.2 Å². The maximum Gasteiger partial charge on any atom is 0.328 e. The zero-order chi connectivity index (χ0) is 16.3. The minimum Gasteiger partial charge on any atom is -0.507 e. The molecule has 0 radical (unpaired) electrons. The summed E-state index contributed by atoms with van der Waals surface area (Å²) >= 11 is 0. The first-order valence-electron chi connectivity index (χ1n) is 6.90. The Bertz CT molecular complexity index is 615. The summed E-state index contributed by atoms with van der Waals surface area (Å²) < 4.78 is 4.94. The summed E-state index contributed by atoms with van der Waals surface area (Å²) in [5, 5.41) is 20.5. The SMILES string of the molecule is CCOC(=O)[C@H]1CCCN1C(=O)c1ccc([N+](=O)[O-])cc1O. The molecule has 1 atom stereocenters. The molecule has 2 rings (SSSR count). The Morgan fingerprint density at radius 2 is 2.23 bits per heavy atom. The van der Waals surface area contributed by atoms with Crippen LogP contribution in [0.4, 0.5) is 5.69 Å². The zero-order valence-corrected chi connectivity index (χ0v) is 12.0. The number of carbonyl (C=O) groups is 2. The second-order valence-corrected chi connectivity index (χ2v) is 4.87. The molecule has 0 aliphatic carbocycles. The van der Waals surface area contributed by atoms with Gasteiger partial charge in [-0.3, -0.25) is 14.9 Å². The average molecular weight is 308 g/mol. The normalized spacial score (nSPS) is 17.3. The fourth-order valence-electron chi connectivity index (χ4n) is 2.46. The summed E-state index contributed by atoms with van der Waals surface area (Å²) in [5.74, 6) is -1.49. The standard InChI is InChI=1S/C14H16N2O6/c1-2-22-14(19)11-4-3-7-15(11)13(18)10-6-5-9(16(20)21)8-12(10)17/h5-6,8,11,17H,2-4,7H2,1H3/t11-/m1/s1. The molecule has 1 aliphatic heterocycles. The first kappa shape index (κ1) is 15.7. The van der Waals surface area contributed by atoms with Gasteiger partial charge >= 0.3 is 5.97 Å². The predicted molar refractivity (Wildman–Crippen MR) is 75.5 cm³/mol. The van der Waals surface area contributed by atoms with Crippen LogP contribution in [0.2, 0.25) is 0 Å².